The van der Waals surface area contributed by atoms with Gasteiger partial charge < -0.3 is 9.84 Å². The third-order valence-corrected chi connectivity index (χ3v) is 2.58. The number of rotatable bonds is 5. The standard InChI is InChI=1S/C11H11NO5/c13-11(14)9-5-8(12(15)16)3-4-10(9)17-6-7-1-2-7/h3-5,7H,1-2,6H2,(H,13,14). The van der Waals surface area contributed by atoms with Crippen molar-refractivity contribution in [3.63, 3.8) is 0 Å². The van der Waals surface area contributed by atoms with Crippen LogP contribution in [0, 0.1) is 16.0 Å². The maximum Gasteiger partial charge on any atom is 0.339 e. The molecule has 1 N–H and O–H groups in total. The number of carboxylic acids is 1. The highest BCUT2D eigenvalue weighted by atomic mass is 16.6. The molecule has 6 nitrogen and oxygen atoms in total. The lowest BCUT2D eigenvalue weighted by Crippen LogP contribution is -2.06. The van der Waals surface area contributed by atoms with Gasteiger partial charge in [0.2, 0.25) is 0 Å². The molecular weight excluding hydrogens is 226 g/mol. The molecule has 0 heterocycles. The summed E-state index contributed by atoms with van der Waals surface area (Å²) in [7, 11) is 0. The first-order valence-corrected chi connectivity index (χ1v) is 5.22. The zero-order chi connectivity index (χ0) is 12.4. The molecule has 0 spiro atoms. The van der Waals surface area contributed by atoms with Crippen LogP contribution in [0.15, 0.2) is 18.2 Å². The maximum atomic E-state index is 11.0. The Morgan fingerprint density at radius 3 is 2.76 bits per heavy atom. The number of benzene rings is 1. The Morgan fingerprint density at radius 1 is 1.53 bits per heavy atom. The Balaban J connectivity index is 2.23. The lowest BCUT2D eigenvalue weighted by atomic mass is 10.2. The van der Waals surface area contributed by atoms with Gasteiger partial charge in [0.1, 0.15) is 11.3 Å². The van der Waals surface area contributed by atoms with Crippen molar-refractivity contribution in [1.29, 1.82) is 0 Å². The monoisotopic (exact) mass is 237 g/mol. The molecule has 0 unspecified atom stereocenters. The minimum Gasteiger partial charge on any atom is -0.492 e. The number of carbonyl (C=O) groups is 1. The Morgan fingerprint density at radius 2 is 2.24 bits per heavy atom. The molecule has 0 atom stereocenters. The lowest BCUT2D eigenvalue weighted by molar-refractivity contribution is -0.384. The van der Waals surface area contributed by atoms with Crippen LogP contribution in [0.5, 0.6) is 5.75 Å². The minimum atomic E-state index is -1.22. The van der Waals surface area contributed by atoms with E-state index in [1.54, 1.807) is 0 Å². The van der Waals surface area contributed by atoms with Crippen LogP contribution in [0.25, 0.3) is 0 Å². The van der Waals surface area contributed by atoms with E-state index < -0.39 is 10.9 Å². The molecule has 0 amide bonds. The van der Waals surface area contributed by atoms with Crippen molar-refractivity contribution in [2.75, 3.05) is 6.61 Å². The van der Waals surface area contributed by atoms with Gasteiger partial charge in [-0.1, -0.05) is 0 Å². The van der Waals surface area contributed by atoms with Gasteiger partial charge in [-0.15, -0.1) is 0 Å². The number of carboxylic acid groups (broad SMARTS) is 1. The Bertz CT molecular complexity index is 467. The third-order valence-electron chi connectivity index (χ3n) is 2.58. The molecule has 2 rings (SSSR count). The van der Waals surface area contributed by atoms with Crippen molar-refractivity contribution < 1.29 is 19.6 Å². The number of hydrogen-bond donors (Lipinski definition) is 1. The maximum absolute atomic E-state index is 11.0. The highest BCUT2D eigenvalue weighted by molar-refractivity contribution is 5.91. The summed E-state index contributed by atoms with van der Waals surface area (Å²) in [6.07, 6.45) is 2.19. The van der Waals surface area contributed by atoms with E-state index >= 15 is 0 Å². The normalized spacial score (nSPS) is 14.4. The van der Waals surface area contributed by atoms with Crippen molar-refractivity contribution in [1.82, 2.24) is 0 Å². The lowest BCUT2D eigenvalue weighted by Gasteiger charge is -2.07. The van der Waals surface area contributed by atoms with Gasteiger partial charge in [-0.3, -0.25) is 10.1 Å². The molecule has 0 saturated heterocycles. The fourth-order valence-electron chi connectivity index (χ4n) is 1.42. The Hall–Kier alpha value is -2.11. The van der Waals surface area contributed by atoms with Crippen LogP contribution < -0.4 is 4.74 Å². The van der Waals surface area contributed by atoms with E-state index in [1.165, 1.54) is 12.1 Å². The van der Waals surface area contributed by atoms with Gasteiger partial charge in [0.05, 0.1) is 11.5 Å². The number of nitro groups is 1. The van der Waals surface area contributed by atoms with Gasteiger partial charge in [-0.2, -0.15) is 0 Å². The molecule has 0 bridgehead atoms. The second-order valence-electron chi connectivity index (χ2n) is 4.00. The van der Waals surface area contributed by atoms with Crippen molar-refractivity contribution in [2.24, 2.45) is 5.92 Å². The van der Waals surface area contributed by atoms with Crippen molar-refractivity contribution in [3.05, 3.63) is 33.9 Å². The molecule has 6 heteroatoms. The summed E-state index contributed by atoms with van der Waals surface area (Å²) < 4.78 is 5.35. The summed E-state index contributed by atoms with van der Waals surface area (Å²) in [5, 5.41) is 19.5. The molecule has 1 fully saturated rings. The highest BCUT2D eigenvalue weighted by Gasteiger charge is 2.24. The molecular formula is C11H11NO5. The molecule has 17 heavy (non-hydrogen) atoms. The Labute approximate surface area is 97.0 Å². The summed E-state index contributed by atoms with van der Waals surface area (Å²) in [6.45, 7) is 0.470. The van der Waals surface area contributed by atoms with Crippen molar-refractivity contribution in [3.8, 4) is 5.75 Å². The fraction of sp³-hybridized carbons (Fsp3) is 0.364. The van der Waals surface area contributed by atoms with E-state index in [-0.39, 0.29) is 17.0 Å². The third kappa shape index (κ3) is 2.72. The summed E-state index contributed by atoms with van der Waals surface area (Å²) in [5.74, 6) is -0.540. The average Bonchev–Trinajstić information content (AvgIpc) is 3.09. The smallest absolute Gasteiger partial charge is 0.339 e. The van der Waals surface area contributed by atoms with E-state index in [0.29, 0.717) is 12.5 Å². The summed E-state index contributed by atoms with van der Waals surface area (Å²) in [5.41, 5.74) is -0.416. The average molecular weight is 237 g/mol. The molecule has 90 valence electrons. The first-order valence-electron chi connectivity index (χ1n) is 5.22. The summed E-state index contributed by atoms with van der Waals surface area (Å²) >= 11 is 0. The number of nitrogens with zero attached hydrogens (tertiary/aromatic N) is 1. The number of aromatic carboxylic acids is 1. The zero-order valence-corrected chi connectivity index (χ0v) is 8.96. The van der Waals surface area contributed by atoms with E-state index in [0.717, 1.165) is 18.9 Å². The molecule has 1 saturated carbocycles. The van der Waals surface area contributed by atoms with Crippen molar-refractivity contribution >= 4 is 11.7 Å². The van der Waals surface area contributed by atoms with Gasteiger partial charge in [-0.05, 0) is 24.8 Å². The van der Waals surface area contributed by atoms with Crippen LogP contribution in [0.2, 0.25) is 0 Å². The second-order valence-corrected chi connectivity index (χ2v) is 4.00. The molecule has 1 aromatic carbocycles. The molecule has 1 aliphatic carbocycles. The molecule has 1 aromatic rings. The quantitative estimate of drug-likeness (QED) is 0.625. The predicted molar refractivity (Wildman–Crippen MR) is 58.3 cm³/mol. The van der Waals surface area contributed by atoms with Crippen molar-refractivity contribution in [2.45, 2.75) is 12.8 Å². The van der Waals surface area contributed by atoms with Gasteiger partial charge in [0.15, 0.2) is 0 Å². The Kier molecular flexibility index (Phi) is 2.95. The van der Waals surface area contributed by atoms with E-state index in [4.69, 9.17) is 9.84 Å². The molecule has 0 aliphatic heterocycles. The first kappa shape index (κ1) is 11.4. The van der Waals surface area contributed by atoms with Crippen LogP contribution >= 0.6 is 0 Å². The number of non-ortho nitro benzene ring substituents is 1. The molecule has 0 radical (unpaired) electrons. The number of ether oxygens (including phenoxy) is 1. The molecule has 1 aliphatic rings. The van der Waals surface area contributed by atoms with E-state index in [9.17, 15) is 14.9 Å². The van der Waals surface area contributed by atoms with Gasteiger partial charge in [-0.25, -0.2) is 4.79 Å². The largest absolute Gasteiger partial charge is 0.492 e. The second kappa shape index (κ2) is 4.40. The zero-order valence-electron chi connectivity index (χ0n) is 8.96. The minimum absolute atomic E-state index is 0.167. The SMILES string of the molecule is O=C(O)c1cc([N+](=O)[O-])ccc1OCC1CC1. The highest BCUT2D eigenvalue weighted by Crippen LogP contribution is 2.31. The topological polar surface area (TPSA) is 89.7 Å². The molecule has 0 aromatic heterocycles. The van der Waals surface area contributed by atoms with Gasteiger partial charge in [0, 0.05) is 12.1 Å². The first-order chi connectivity index (χ1) is 8.08. The van der Waals surface area contributed by atoms with E-state index in [1.807, 2.05) is 0 Å². The fourth-order valence-corrected chi connectivity index (χ4v) is 1.42. The summed E-state index contributed by atoms with van der Waals surface area (Å²) in [6, 6.07) is 3.60. The van der Waals surface area contributed by atoms with Crippen LogP contribution in [0.4, 0.5) is 5.69 Å². The summed E-state index contributed by atoms with van der Waals surface area (Å²) in [4.78, 5) is 20.9. The number of nitro benzene ring substituents is 1. The van der Waals surface area contributed by atoms with Crippen LogP contribution in [0.3, 0.4) is 0 Å². The van der Waals surface area contributed by atoms with Crippen LogP contribution in [0.1, 0.15) is 23.2 Å². The van der Waals surface area contributed by atoms with Crippen LogP contribution in [-0.4, -0.2) is 22.6 Å². The predicted octanol–water partition coefficient (Wildman–Crippen LogP) is 2.08. The number of hydrogen-bond acceptors (Lipinski definition) is 4. The van der Waals surface area contributed by atoms with Gasteiger partial charge >= 0.3 is 5.97 Å². The van der Waals surface area contributed by atoms with E-state index in [2.05, 4.69) is 0 Å². The van der Waals surface area contributed by atoms with Crippen LogP contribution in [-0.2, 0) is 0 Å². The van der Waals surface area contributed by atoms with Gasteiger partial charge in [0.25, 0.3) is 5.69 Å².